The zero-order valence-corrected chi connectivity index (χ0v) is 21.0. The minimum absolute atomic E-state index is 0.0238. The number of fused-ring (bicyclic) bond motifs is 2. The van der Waals surface area contributed by atoms with Gasteiger partial charge >= 0.3 is 0 Å². The van der Waals surface area contributed by atoms with E-state index < -0.39 is 12.9 Å². The van der Waals surface area contributed by atoms with Crippen molar-refractivity contribution in [1.29, 1.82) is 0 Å². The third-order valence-electron chi connectivity index (χ3n) is 7.32. The molecule has 0 spiro atoms. The van der Waals surface area contributed by atoms with Crippen molar-refractivity contribution in [2.75, 3.05) is 13.2 Å². The summed E-state index contributed by atoms with van der Waals surface area (Å²) in [6.07, 6.45) is 0.437. The van der Waals surface area contributed by atoms with Crippen LogP contribution in [0.1, 0.15) is 96.4 Å². The second-order valence-corrected chi connectivity index (χ2v) is 10.3. The van der Waals surface area contributed by atoms with E-state index in [1.54, 1.807) is 13.8 Å². The number of rotatable bonds is 8. The van der Waals surface area contributed by atoms with E-state index in [1.165, 1.54) is 12.1 Å². The summed E-state index contributed by atoms with van der Waals surface area (Å²) in [7, 11) is 0. The summed E-state index contributed by atoms with van der Waals surface area (Å²) in [6.45, 7) is 4.03. The smallest absolute Gasteiger partial charge is 0.264 e. The highest BCUT2D eigenvalue weighted by atomic mass is 19.3. The molecule has 198 valence electrons. The Morgan fingerprint density at radius 2 is 1.19 bits per heavy atom. The normalized spacial score (nSPS) is 20.3. The maximum atomic E-state index is 13.5. The van der Waals surface area contributed by atoms with Crippen LogP contribution in [-0.4, -0.2) is 34.6 Å². The van der Waals surface area contributed by atoms with Gasteiger partial charge in [0, 0.05) is 27.9 Å². The molecule has 0 unspecified atom stereocenters. The van der Waals surface area contributed by atoms with Crippen molar-refractivity contribution >= 4 is 11.4 Å². The molecule has 6 nitrogen and oxygen atoms in total. The highest BCUT2D eigenvalue weighted by molar-refractivity contribution is 6.01. The Bertz CT molecular complexity index is 1150. The molecule has 37 heavy (non-hydrogen) atoms. The van der Waals surface area contributed by atoms with E-state index in [1.807, 2.05) is 0 Å². The quantitative estimate of drug-likeness (QED) is 0.293. The van der Waals surface area contributed by atoms with Gasteiger partial charge in [0.25, 0.3) is 12.9 Å². The maximum Gasteiger partial charge on any atom is 0.264 e. The van der Waals surface area contributed by atoms with Crippen LogP contribution in [0.25, 0.3) is 0 Å². The Morgan fingerprint density at radius 1 is 0.757 bits per heavy atom. The van der Waals surface area contributed by atoms with E-state index in [2.05, 4.69) is 20.3 Å². The standard InChI is InChI=1S/C27H30F4N4O2/c1-15-11-19(25(28)29)17-5-3-7-21(23(17)32-15)34-36-13-27(9-10-27)14-37-35-22-8-4-6-18-20(26(30)31)12-16(2)33-24(18)22/h11-12,25-26H,3-10,13-14H2,1-2H3/b34-21+,35-22+. The Labute approximate surface area is 213 Å². The van der Waals surface area contributed by atoms with Crippen molar-refractivity contribution in [1.82, 2.24) is 9.97 Å². The van der Waals surface area contributed by atoms with Crippen LogP contribution in [0.5, 0.6) is 0 Å². The lowest BCUT2D eigenvalue weighted by atomic mass is 9.90. The molecule has 0 saturated heterocycles. The molecule has 5 rings (SSSR count). The number of hydrogen-bond donors (Lipinski definition) is 0. The molecular formula is C27H30F4N4O2. The van der Waals surface area contributed by atoms with E-state index >= 15 is 0 Å². The highest BCUT2D eigenvalue weighted by Crippen LogP contribution is 2.46. The van der Waals surface area contributed by atoms with E-state index in [4.69, 9.17) is 9.68 Å². The Hall–Kier alpha value is -3.04. The first-order valence-corrected chi connectivity index (χ1v) is 12.7. The predicted molar refractivity (Wildman–Crippen MR) is 130 cm³/mol. The summed E-state index contributed by atoms with van der Waals surface area (Å²) < 4.78 is 54.1. The van der Waals surface area contributed by atoms with E-state index in [9.17, 15) is 17.6 Å². The first-order valence-electron chi connectivity index (χ1n) is 12.7. The highest BCUT2D eigenvalue weighted by Gasteiger charge is 2.45. The molecular weight excluding hydrogens is 488 g/mol. The number of pyridine rings is 2. The fourth-order valence-electron chi connectivity index (χ4n) is 5.12. The van der Waals surface area contributed by atoms with Crippen LogP contribution in [0, 0.1) is 19.3 Å². The van der Waals surface area contributed by atoms with Crippen molar-refractivity contribution in [2.45, 2.75) is 78.1 Å². The van der Waals surface area contributed by atoms with Gasteiger partial charge in [-0.15, -0.1) is 0 Å². The van der Waals surface area contributed by atoms with Crippen molar-refractivity contribution in [3.63, 3.8) is 0 Å². The van der Waals surface area contributed by atoms with Crippen LogP contribution in [0.2, 0.25) is 0 Å². The third-order valence-corrected chi connectivity index (χ3v) is 7.32. The number of aromatic nitrogens is 2. The molecule has 1 fully saturated rings. The summed E-state index contributed by atoms with van der Waals surface area (Å²) in [5, 5.41) is 8.58. The number of hydrogen-bond acceptors (Lipinski definition) is 6. The van der Waals surface area contributed by atoms with Gasteiger partial charge < -0.3 is 9.68 Å². The zero-order chi connectivity index (χ0) is 26.2. The number of aryl methyl sites for hydroxylation is 2. The maximum absolute atomic E-state index is 13.5. The van der Waals surface area contributed by atoms with Gasteiger partial charge in [-0.2, -0.15) is 0 Å². The minimum Gasteiger partial charge on any atom is -0.395 e. The van der Waals surface area contributed by atoms with E-state index in [0.717, 1.165) is 12.8 Å². The third kappa shape index (κ3) is 5.48. The molecule has 3 aliphatic rings. The molecule has 0 amide bonds. The van der Waals surface area contributed by atoms with Gasteiger partial charge in [-0.1, -0.05) is 10.3 Å². The van der Waals surface area contributed by atoms with Gasteiger partial charge in [0.1, 0.15) is 24.6 Å². The summed E-state index contributed by atoms with van der Waals surface area (Å²) in [5.74, 6) is 0. The van der Waals surface area contributed by atoms with Gasteiger partial charge in [-0.05, 0) is 88.5 Å². The second-order valence-electron chi connectivity index (χ2n) is 10.3. The molecule has 0 N–H and O–H groups in total. The van der Waals surface area contributed by atoms with Gasteiger partial charge in [0.2, 0.25) is 0 Å². The van der Waals surface area contributed by atoms with Gasteiger partial charge in [0.15, 0.2) is 0 Å². The number of alkyl halides is 4. The lowest BCUT2D eigenvalue weighted by Gasteiger charge is -2.21. The molecule has 0 bridgehead atoms. The molecule has 2 aromatic rings. The summed E-state index contributed by atoms with van der Waals surface area (Å²) in [6, 6.07) is 2.89. The second kappa shape index (κ2) is 10.4. The molecule has 1 saturated carbocycles. The Balaban J connectivity index is 1.24. The molecule has 2 heterocycles. The van der Waals surface area contributed by atoms with Crippen LogP contribution in [0.15, 0.2) is 22.4 Å². The van der Waals surface area contributed by atoms with E-state index in [0.29, 0.717) is 97.1 Å². The van der Waals surface area contributed by atoms with Crippen molar-refractivity contribution in [2.24, 2.45) is 15.7 Å². The zero-order valence-electron chi connectivity index (χ0n) is 21.0. The monoisotopic (exact) mass is 518 g/mol. The largest absolute Gasteiger partial charge is 0.395 e. The lowest BCUT2D eigenvalue weighted by Crippen LogP contribution is -2.20. The van der Waals surface area contributed by atoms with Gasteiger partial charge in [0.05, 0.1) is 11.4 Å². The average molecular weight is 519 g/mol. The molecule has 0 radical (unpaired) electrons. The summed E-state index contributed by atoms with van der Waals surface area (Å²) in [5.41, 5.74) is 4.21. The first kappa shape index (κ1) is 25.6. The minimum atomic E-state index is -2.55. The fraction of sp³-hybridized carbons (Fsp3) is 0.556. The summed E-state index contributed by atoms with van der Waals surface area (Å²) in [4.78, 5) is 20.3. The number of nitrogens with zero attached hydrogens (tertiary/aromatic N) is 4. The van der Waals surface area contributed by atoms with Crippen LogP contribution >= 0.6 is 0 Å². The molecule has 3 aliphatic carbocycles. The molecule has 0 aromatic carbocycles. The summed E-state index contributed by atoms with van der Waals surface area (Å²) >= 11 is 0. The van der Waals surface area contributed by atoms with E-state index in [-0.39, 0.29) is 16.5 Å². The van der Waals surface area contributed by atoms with Crippen LogP contribution in [0.3, 0.4) is 0 Å². The van der Waals surface area contributed by atoms with Crippen LogP contribution in [0.4, 0.5) is 17.6 Å². The molecule has 10 heteroatoms. The van der Waals surface area contributed by atoms with Crippen molar-refractivity contribution in [3.8, 4) is 0 Å². The average Bonchev–Trinajstić information content (AvgIpc) is 3.63. The Kier molecular flexibility index (Phi) is 7.18. The molecule has 0 atom stereocenters. The van der Waals surface area contributed by atoms with Gasteiger partial charge in [-0.3, -0.25) is 9.97 Å². The number of halogens is 4. The fourth-order valence-corrected chi connectivity index (χ4v) is 5.12. The molecule has 2 aromatic heterocycles. The van der Waals surface area contributed by atoms with Crippen molar-refractivity contribution in [3.05, 3.63) is 57.2 Å². The SMILES string of the molecule is Cc1cc(C(F)F)c2c(n1)/C(=N/OCC1(CO/N=C3\CCCc4c(C(F)F)cc(C)nc43)CC1)CCC2. The first-order chi connectivity index (χ1) is 17.8. The van der Waals surface area contributed by atoms with Crippen LogP contribution < -0.4 is 0 Å². The predicted octanol–water partition coefficient (Wildman–Crippen LogP) is 6.56. The lowest BCUT2D eigenvalue weighted by molar-refractivity contribution is 0.0316. The topological polar surface area (TPSA) is 69.0 Å². The van der Waals surface area contributed by atoms with Gasteiger partial charge in [-0.25, -0.2) is 17.6 Å². The Morgan fingerprint density at radius 3 is 1.57 bits per heavy atom. The molecule has 0 aliphatic heterocycles. The number of oxime groups is 2. The van der Waals surface area contributed by atoms with Crippen LogP contribution in [-0.2, 0) is 22.5 Å². The van der Waals surface area contributed by atoms with Crippen molar-refractivity contribution < 1.29 is 27.2 Å².